The molecule has 5 heteroatoms. The van der Waals surface area contributed by atoms with E-state index in [9.17, 15) is 14.9 Å². The first-order valence-corrected chi connectivity index (χ1v) is 4.32. The zero-order chi connectivity index (χ0) is 10.1. The van der Waals surface area contributed by atoms with Crippen LogP contribution in [-0.2, 0) is 4.79 Å². The fraction of sp³-hybridized carbons (Fsp3) is 0.875. The van der Waals surface area contributed by atoms with Crippen molar-refractivity contribution in [1.29, 1.82) is 0 Å². The number of carboxylic acid groups (broad SMARTS) is 1. The van der Waals surface area contributed by atoms with Crippen LogP contribution in [0, 0.1) is 21.4 Å². The van der Waals surface area contributed by atoms with Gasteiger partial charge in [-0.05, 0) is 19.8 Å². The zero-order valence-corrected chi connectivity index (χ0v) is 7.52. The van der Waals surface area contributed by atoms with Gasteiger partial charge >= 0.3 is 5.97 Å². The molecular weight excluding hydrogens is 174 g/mol. The molecule has 0 amide bonds. The molecule has 0 unspecified atom stereocenters. The summed E-state index contributed by atoms with van der Waals surface area (Å²) in [6.45, 7) is 1.39. The van der Waals surface area contributed by atoms with Gasteiger partial charge in [0.1, 0.15) is 0 Å². The Morgan fingerprint density at radius 3 is 2.85 bits per heavy atom. The molecule has 0 aromatic carbocycles. The number of nitro groups is 1. The van der Waals surface area contributed by atoms with E-state index in [0.717, 1.165) is 6.42 Å². The highest BCUT2D eigenvalue weighted by Gasteiger charge is 2.47. The molecule has 0 aliphatic heterocycles. The standard InChI is InChI=1S/C8H13NO4/c1-8(7(10)11)4-2-3-6(8)5-9(12)13/h6H,2-5H2,1H3,(H,10,11)/t6-,8+/m1/s1. The molecule has 2 atom stereocenters. The van der Waals surface area contributed by atoms with Gasteiger partial charge in [0.2, 0.25) is 6.54 Å². The Bertz CT molecular complexity index is 240. The largest absolute Gasteiger partial charge is 0.481 e. The summed E-state index contributed by atoms with van der Waals surface area (Å²) in [5.41, 5.74) is -0.882. The molecule has 0 spiro atoms. The average Bonchev–Trinajstić information content (AvgIpc) is 2.33. The third-order valence-corrected chi connectivity index (χ3v) is 3.01. The van der Waals surface area contributed by atoms with Gasteiger partial charge in [-0.3, -0.25) is 14.9 Å². The minimum Gasteiger partial charge on any atom is -0.481 e. The summed E-state index contributed by atoms with van der Waals surface area (Å²) < 4.78 is 0. The summed E-state index contributed by atoms with van der Waals surface area (Å²) in [5.74, 6) is -1.21. The predicted octanol–water partition coefficient (Wildman–Crippen LogP) is 1.15. The van der Waals surface area contributed by atoms with Crippen molar-refractivity contribution in [2.75, 3.05) is 6.54 Å². The summed E-state index contributed by atoms with van der Waals surface area (Å²) in [4.78, 5) is 20.8. The molecule has 74 valence electrons. The number of carboxylic acids is 1. The number of hydrogen-bond donors (Lipinski definition) is 1. The zero-order valence-electron chi connectivity index (χ0n) is 7.52. The van der Waals surface area contributed by atoms with E-state index in [-0.39, 0.29) is 12.5 Å². The first kappa shape index (κ1) is 9.95. The van der Waals surface area contributed by atoms with Gasteiger partial charge in [-0.25, -0.2) is 0 Å². The lowest BCUT2D eigenvalue weighted by Crippen LogP contribution is -2.35. The van der Waals surface area contributed by atoms with Crippen LogP contribution in [-0.4, -0.2) is 22.5 Å². The minimum absolute atomic E-state index is 0.219. The van der Waals surface area contributed by atoms with E-state index in [1.54, 1.807) is 6.92 Å². The lowest BCUT2D eigenvalue weighted by Gasteiger charge is -2.23. The van der Waals surface area contributed by atoms with Crippen LogP contribution in [0.15, 0.2) is 0 Å². The van der Waals surface area contributed by atoms with Crippen LogP contribution in [0.2, 0.25) is 0 Å². The summed E-state index contributed by atoms with van der Waals surface area (Å²) in [6, 6.07) is 0. The van der Waals surface area contributed by atoms with Crippen molar-refractivity contribution in [2.45, 2.75) is 26.2 Å². The van der Waals surface area contributed by atoms with Gasteiger partial charge in [-0.15, -0.1) is 0 Å². The van der Waals surface area contributed by atoms with E-state index < -0.39 is 16.3 Å². The van der Waals surface area contributed by atoms with Crippen molar-refractivity contribution in [3.8, 4) is 0 Å². The van der Waals surface area contributed by atoms with E-state index in [1.165, 1.54) is 0 Å². The highest BCUT2D eigenvalue weighted by atomic mass is 16.6. The number of rotatable bonds is 3. The molecule has 1 fully saturated rings. The first-order chi connectivity index (χ1) is 5.97. The number of hydrogen-bond acceptors (Lipinski definition) is 3. The molecule has 0 aromatic rings. The first-order valence-electron chi connectivity index (χ1n) is 4.32. The summed E-state index contributed by atoms with van der Waals surface area (Å²) in [5, 5.41) is 19.2. The molecule has 1 aliphatic carbocycles. The molecule has 0 aromatic heterocycles. The second kappa shape index (κ2) is 3.32. The molecule has 1 N–H and O–H groups in total. The molecule has 1 saturated carbocycles. The van der Waals surface area contributed by atoms with Gasteiger partial charge < -0.3 is 5.11 Å². The fourth-order valence-corrected chi connectivity index (χ4v) is 1.99. The maximum Gasteiger partial charge on any atom is 0.309 e. The van der Waals surface area contributed by atoms with E-state index >= 15 is 0 Å². The SMILES string of the molecule is C[C@]1(C(=O)O)CCC[C@@H]1C[N+](=O)[O-]. The number of aliphatic carboxylic acids is 1. The monoisotopic (exact) mass is 187 g/mol. The maximum atomic E-state index is 10.9. The minimum atomic E-state index is -0.906. The average molecular weight is 187 g/mol. The molecule has 1 aliphatic rings. The smallest absolute Gasteiger partial charge is 0.309 e. The van der Waals surface area contributed by atoms with Crippen LogP contribution >= 0.6 is 0 Å². The molecule has 0 radical (unpaired) electrons. The van der Waals surface area contributed by atoms with Gasteiger partial charge in [0.15, 0.2) is 0 Å². The summed E-state index contributed by atoms with van der Waals surface area (Å²) in [7, 11) is 0. The van der Waals surface area contributed by atoms with Gasteiger partial charge in [0.25, 0.3) is 0 Å². The third-order valence-electron chi connectivity index (χ3n) is 3.01. The number of carbonyl (C=O) groups is 1. The van der Waals surface area contributed by atoms with E-state index in [2.05, 4.69) is 0 Å². The molecule has 5 nitrogen and oxygen atoms in total. The highest BCUT2D eigenvalue weighted by molar-refractivity contribution is 5.75. The highest BCUT2D eigenvalue weighted by Crippen LogP contribution is 2.43. The Labute approximate surface area is 75.9 Å². The molecule has 0 heterocycles. The van der Waals surface area contributed by atoms with Crippen molar-refractivity contribution >= 4 is 5.97 Å². The summed E-state index contributed by atoms with van der Waals surface area (Å²) >= 11 is 0. The van der Waals surface area contributed by atoms with Crippen molar-refractivity contribution in [2.24, 2.45) is 11.3 Å². The molecule has 0 saturated heterocycles. The predicted molar refractivity (Wildman–Crippen MR) is 44.9 cm³/mol. The van der Waals surface area contributed by atoms with Crippen molar-refractivity contribution in [3.05, 3.63) is 10.1 Å². The summed E-state index contributed by atoms with van der Waals surface area (Å²) in [6.07, 6.45) is 1.99. The van der Waals surface area contributed by atoms with Crippen LogP contribution in [0.3, 0.4) is 0 Å². The van der Waals surface area contributed by atoms with E-state index in [0.29, 0.717) is 12.8 Å². The van der Waals surface area contributed by atoms with Crippen LogP contribution < -0.4 is 0 Å². The van der Waals surface area contributed by atoms with Crippen LogP contribution in [0.25, 0.3) is 0 Å². The van der Waals surface area contributed by atoms with Crippen molar-refractivity contribution in [1.82, 2.24) is 0 Å². The lowest BCUT2D eigenvalue weighted by atomic mass is 9.80. The molecule has 1 rings (SSSR count). The quantitative estimate of drug-likeness (QED) is 0.531. The second-order valence-corrected chi connectivity index (χ2v) is 3.83. The van der Waals surface area contributed by atoms with Gasteiger partial charge in [-0.2, -0.15) is 0 Å². The Morgan fingerprint density at radius 2 is 2.38 bits per heavy atom. The second-order valence-electron chi connectivity index (χ2n) is 3.83. The maximum absolute atomic E-state index is 10.9. The van der Waals surface area contributed by atoms with E-state index in [1.807, 2.05) is 0 Å². The molecule has 0 bridgehead atoms. The molecular formula is C8H13NO4. The van der Waals surface area contributed by atoms with Crippen LogP contribution in [0.1, 0.15) is 26.2 Å². The Balaban J connectivity index is 2.73. The Morgan fingerprint density at radius 1 is 1.77 bits per heavy atom. The Kier molecular flexibility index (Phi) is 2.54. The number of nitrogens with zero attached hydrogens (tertiary/aromatic N) is 1. The normalized spacial score (nSPS) is 33.2. The molecule has 13 heavy (non-hydrogen) atoms. The Hall–Kier alpha value is -1.13. The lowest BCUT2D eigenvalue weighted by molar-refractivity contribution is -0.490. The van der Waals surface area contributed by atoms with Gasteiger partial charge in [0.05, 0.1) is 5.41 Å². The fourth-order valence-electron chi connectivity index (χ4n) is 1.99. The van der Waals surface area contributed by atoms with Crippen molar-refractivity contribution < 1.29 is 14.8 Å². The van der Waals surface area contributed by atoms with Crippen LogP contribution in [0.4, 0.5) is 0 Å². The topological polar surface area (TPSA) is 80.4 Å². The van der Waals surface area contributed by atoms with Gasteiger partial charge in [0, 0.05) is 10.8 Å². The van der Waals surface area contributed by atoms with Gasteiger partial charge in [-0.1, -0.05) is 6.42 Å². The van der Waals surface area contributed by atoms with E-state index in [4.69, 9.17) is 5.11 Å². The van der Waals surface area contributed by atoms with Crippen LogP contribution in [0.5, 0.6) is 0 Å². The van der Waals surface area contributed by atoms with Crippen molar-refractivity contribution in [3.63, 3.8) is 0 Å². The third kappa shape index (κ3) is 1.79.